The third-order valence-corrected chi connectivity index (χ3v) is 9.23. The Bertz CT molecular complexity index is 1130. The predicted octanol–water partition coefficient (Wildman–Crippen LogP) is 1.71. The Labute approximate surface area is 206 Å². The highest BCUT2D eigenvalue weighted by Crippen LogP contribution is 2.29. The minimum absolute atomic E-state index is 0.0883. The average molecular weight is 506 g/mol. The second kappa shape index (κ2) is 10.2. The van der Waals surface area contributed by atoms with Crippen molar-refractivity contribution in [1.29, 1.82) is 5.26 Å². The van der Waals surface area contributed by atoms with Gasteiger partial charge in [-0.2, -0.15) is 22.3 Å². The number of halogens is 1. The maximum Gasteiger partial charge on any atom is 0.282 e. The Balaban J connectivity index is 1.39. The second-order valence-corrected chi connectivity index (χ2v) is 11.7. The first kappa shape index (κ1) is 25.5. The van der Waals surface area contributed by atoms with Gasteiger partial charge in [0.1, 0.15) is 11.9 Å². The van der Waals surface area contributed by atoms with Gasteiger partial charge in [-0.3, -0.25) is 9.59 Å². The molecule has 3 aliphatic heterocycles. The van der Waals surface area contributed by atoms with Crippen LogP contribution >= 0.6 is 0 Å². The maximum atomic E-state index is 13.6. The van der Waals surface area contributed by atoms with Crippen LogP contribution in [0.3, 0.4) is 0 Å². The zero-order chi connectivity index (χ0) is 25.3. The summed E-state index contributed by atoms with van der Waals surface area (Å²) >= 11 is 0. The van der Waals surface area contributed by atoms with Crippen LogP contribution in [-0.2, 0) is 19.8 Å². The number of amides is 2. The molecule has 3 saturated heterocycles. The Hall–Kier alpha value is -2.55. The van der Waals surface area contributed by atoms with Gasteiger partial charge in [0.15, 0.2) is 0 Å². The number of rotatable bonds is 6. The van der Waals surface area contributed by atoms with E-state index in [1.165, 1.54) is 14.7 Å². The van der Waals surface area contributed by atoms with Crippen molar-refractivity contribution < 1.29 is 22.4 Å². The molecule has 35 heavy (non-hydrogen) atoms. The maximum absolute atomic E-state index is 13.6. The third kappa shape index (κ3) is 5.20. The van der Waals surface area contributed by atoms with Crippen molar-refractivity contribution >= 4 is 22.0 Å². The van der Waals surface area contributed by atoms with Crippen LogP contribution < -0.4 is 5.32 Å². The Morgan fingerprint density at radius 2 is 1.86 bits per heavy atom. The van der Waals surface area contributed by atoms with Gasteiger partial charge in [-0.05, 0) is 56.7 Å². The summed E-state index contributed by atoms with van der Waals surface area (Å²) in [6.45, 7) is 4.76. The van der Waals surface area contributed by atoms with Crippen LogP contribution in [0.25, 0.3) is 0 Å². The summed E-state index contributed by atoms with van der Waals surface area (Å²) in [6.07, 6.45) is 2.38. The number of nitriles is 1. The second-order valence-electron chi connectivity index (χ2n) is 9.78. The normalized spacial score (nSPS) is 25.0. The van der Waals surface area contributed by atoms with E-state index in [1.54, 1.807) is 24.0 Å². The van der Waals surface area contributed by atoms with Gasteiger partial charge in [0, 0.05) is 32.7 Å². The van der Waals surface area contributed by atoms with Crippen LogP contribution in [-0.4, -0.2) is 72.5 Å². The fraction of sp³-hybridized carbons (Fsp3) is 0.625. The van der Waals surface area contributed by atoms with Crippen LogP contribution in [0.4, 0.5) is 4.39 Å². The molecule has 0 bridgehead atoms. The van der Waals surface area contributed by atoms with E-state index in [9.17, 15) is 22.4 Å². The van der Waals surface area contributed by atoms with Crippen molar-refractivity contribution in [1.82, 2.24) is 18.8 Å². The number of hydrogen-bond acceptors (Lipinski definition) is 5. The van der Waals surface area contributed by atoms with E-state index in [1.807, 2.05) is 6.92 Å². The molecule has 0 spiro atoms. The average Bonchev–Trinajstić information content (AvgIpc) is 3.29. The van der Waals surface area contributed by atoms with Gasteiger partial charge in [-0.15, -0.1) is 0 Å². The first-order valence-corrected chi connectivity index (χ1v) is 13.5. The molecule has 11 heteroatoms. The van der Waals surface area contributed by atoms with Crippen molar-refractivity contribution in [2.75, 3.05) is 32.7 Å². The van der Waals surface area contributed by atoms with Crippen LogP contribution in [0.1, 0.15) is 49.8 Å². The summed E-state index contributed by atoms with van der Waals surface area (Å²) in [7, 11) is -3.70. The Morgan fingerprint density at radius 1 is 1.14 bits per heavy atom. The summed E-state index contributed by atoms with van der Waals surface area (Å²) in [4.78, 5) is 28.1. The Morgan fingerprint density at radius 3 is 2.54 bits per heavy atom. The van der Waals surface area contributed by atoms with Gasteiger partial charge in [0.25, 0.3) is 10.2 Å². The highest BCUT2D eigenvalue weighted by atomic mass is 32.2. The van der Waals surface area contributed by atoms with Crippen molar-refractivity contribution in [3.05, 3.63) is 35.1 Å². The molecule has 3 heterocycles. The van der Waals surface area contributed by atoms with Gasteiger partial charge in [0.2, 0.25) is 11.8 Å². The van der Waals surface area contributed by atoms with Crippen LogP contribution in [0.2, 0.25) is 0 Å². The number of nitrogens with one attached hydrogen (secondary N) is 1. The molecule has 1 aromatic carbocycles. The zero-order valence-corrected chi connectivity index (χ0v) is 20.9. The highest BCUT2D eigenvalue weighted by Gasteiger charge is 2.44. The van der Waals surface area contributed by atoms with E-state index in [0.29, 0.717) is 44.3 Å². The van der Waals surface area contributed by atoms with E-state index in [-0.39, 0.29) is 49.2 Å². The lowest BCUT2D eigenvalue weighted by Crippen LogP contribution is -2.57. The van der Waals surface area contributed by atoms with Crippen LogP contribution in [0.5, 0.6) is 0 Å². The molecule has 3 aliphatic rings. The lowest BCUT2D eigenvalue weighted by Gasteiger charge is -2.41. The standard InChI is InChI=1S/C24H32FN5O4S/c1-16-11-19(7-8-21(16)25)17(2)27-23(31)22-6-4-10-30(22)24(32)20-5-3-9-28(15-20)35(33,34)29-13-18(12-26)14-29/h7-8,11,17-18,20,22H,3-6,9-10,13-15H2,1-2H3,(H,27,31)/t17?,20?,22-/m1/s1. The minimum Gasteiger partial charge on any atom is -0.348 e. The van der Waals surface area contributed by atoms with Crippen molar-refractivity contribution in [3.8, 4) is 6.07 Å². The summed E-state index contributed by atoms with van der Waals surface area (Å²) in [5.41, 5.74) is 1.28. The number of carbonyl (C=O) groups excluding carboxylic acids is 2. The number of hydrogen-bond donors (Lipinski definition) is 1. The van der Waals surface area contributed by atoms with E-state index in [4.69, 9.17) is 5.26 Å². The van der Waals surface area contributed by atoms with Gasteiger partial charge < -0.3 is 10.2 Å². The van der Waals surface area contributed by atoms with Crippen molar-refractivity contribution in [2.24, 2.45) is 11.8 Å². The number of likely N-dealkylation sites (tertiary alicyclic amines) is 1. The van der Waals surface area contributed by atoms with Gasteiger partial charge in [0.05, 0.1) is 23.9 Å². The van der Waals surface area contributed by atoms with Crippen molar-refractivity contribution in [2.45, 2.75) is 51.6 Å². The van der Waals surface area contributed by atoms with Crippen LogP contribution in [0, 0.1) is 35.9 Å². The molecule has 0 saturated carbocycles. The lowest BCUT2D eigenvalue weighted by molar-refractivity contribution is -0.142. The van der Waals surface area contributed by atoms with Gasteiger partial charge in [-0.1, -0.05) is 12.1 Å². The topological polar surface area (TPSA) is 114 Å². The molecule has 3 atom stereocenters. The van der Waals surface area contributed by atoms with Crippen molar-refractivity contribution in [3.63, 3.8) is 0 Å². The lowest BCUT2D eigenvalue weighted by atomic mass is 9.97. The van der Waals surface area contributed by atoms with Gasteiger partial charge >= 0.3 is 0 Å². The number of piperidine rings is 1. The van der Waals surface area contributed by atoms with E-state index in [0.717, 1.165) is 5.56 Å². The molecule has 1 N–H and O–H groups in total. The molecule has 3 fully saturated rings. The molecule has 4 rings (SSSR count). The summed E-state index contributed by atoms with van der Waals surface area (Å²) in [5, 5.41) is 11.9. The highest BCUT2D eigenvalue weighted by molar-refractivity contribution is 7.86. The number of nitrogens with zero attached hydrogens (tertiary/aromatic N) is 4. The molecule has 2 unspecified atom stereocenters. The molecule has 190 valence electrons. The SMILES string of the molecule is Cc1cc(C(C)NC(=O)[C@H]2CCCN2C(=O)C2CCCN(S(=O)(=O)N3CC(C#N)C3)C2)ccc1F. The predicted molar refractivity (Wildman–Crippen MR) is 126 cm³/mol. The Kier molecular flexibility index (Phi) is 7.45. The molecule has 0 radical (unpaired) electrons. The number of carbonyl (C=O) groups is 2. The molecule has 1 aromatic rings. The first-order valence-electron chi connectivity index (χ1n) is 12.1. The summed E-state index contributed by atoms with van der Waals surface area (Å²) in [5.74, 6) is -1.53. The van der Waals surface area contributed by atoms with Crippen LogP contribution in [0.15, 0.2) is 18.2 Å². The fourth-order valence-corrected chi connectivity index (χ4v) is 6.88. The monoisotopic (exact) mass is 505 g/mol. The molecule has 0 aromatic heterocycles. The van der Waals surface area contributed by atoms with E-state index < -0.39 is 22.2 Å². The zero-order valence-electron chi connectivity index (χ0n) is 20.1. The molecule has 9 nitrogen and oxygen atoms in total. The quantitative estimate of drug-likeness (QED) is 0.632. The molecule has 0 aliphatic carbocycles. The molecule has 2 amide bonds. The smallest absolute Gasteiger partial charge is 0.282 e. The molecular weight excluding hydrogens is 473 g/mol. The number of aryl methyl sites for hydroxylation is 1. The van der Waals surface area contributed by atoms with E-state index >= 15 is 0 Å². The third-order valence-electron chi connectivity index (χ3n) is 7.30. The van der Waals surface area contributed by atoms with E-state index in [2.05, 4.69) is 11.4 Å². The molecular formula is C24H32FN5O4S. The fourth-order valence-electron chi connectivity index (χ4n) is 5.09. The van der Waals surface area contributed by atoms with Gasteiger partial charge in [-0.25, -0.2) is 4.39 Å². The summed E-state index contributed by atoms with van der Waals surface area (Å²) < 4.78 is 42.1. The summed E-state index contributed by atoms with van der Waals surface area (Å²) in [6, 6.07) is 5.84. The first-order chi connectivity index (χ1) is 16.6. The number of benzene rings is 1. The largest absolute Gasteiger partial charge is 0.348 e. The minimum atomic E-state index is -3.70.